The highest BCUT2D eigenvalue weighted by molar-refractivity contribution is 6.01. The average molecular weight is 300 g/mol. The number of carbonyl (C=O) groups excluding carboxylic acids is 1. The Morgan fingerprint density at radius 2 is 2.00 bits per heavy atom. The van der Waals surface area contributed by atoms with Crippen molar-refractivity contribution in [2.75, 3.05) is 30.4 Å². The minimum absolute atomic E-state index is 0.103. The number of anilines is 2. The molecule has 1 heterocycles. The minimum Gasteiger partial charge on any atom is -0.462 e. The van der Waals surface area contributed by atoms with Gasteiger partial charge in [-0.15, -0.1) is 0 Å². The van der Waals surface area contributed by atoms with Crippen LogP contribution in [-0.2, 0) is 4.79 Å². The van der Waals surface area contributed by atoms with Gasteiger partial charge in [0, 0.05) is 31.0 Å². The van der Waals surface area contributed by atoms with E-state index in [4.69, 9.17) is 9.52 Å². The molecule has 0 radical (unpaired) electrons. The summed E-state index contributed by atoms with van der Waals surface area (Å²) in [6.07, 6.45) is 3.07. The zero-order valence-electron chi connectivity index (χ0n) is 12.7. The molecule has 2 rings (SSSR count). The van der Waals surface area contributed by atoms with Gasteiger partial charge in [-0.3, -0.25) is 4.79 Å². The molecule has 2 aromatic rings. The number of hydrogen-bond acceptors (Lipinski definition) is 4. The normalized spacial score (nSPS) is 10.9. The van der Waals surface area contributed by atoms with E-state index >= 15 is 0 Å². The lowest BCUT2D eigenvalue weighted by molar-refractivity contribution is -0.111. The maximum atomic E-state index is 11.8. The summed E-state index contributed by atoms with van der Waals surface area (Å²) in [4.78, 5) is 13.8. The quantitative estimate of drug-likeness (QED) is 0.805. The average Bonchev–Trinajstić information content (AvgIpc) is 2.92. The van der Waals surface area contributed by atoms with E-state index in [2.05, 4.69) is 5.32 Å². The van der Waals surface area contributed by atoms with Gasteiger partial charge in [0.05, 0.1) is 6.61 Å². The summed E-state index contributed by atoms with van der Waals surface area (Å²) in [6, 6.07) is 11.1. The van der Waals surface area contributed by atoms with Crippen molar-refractivity contribution in [1.82, 2.24) is 0 Å². The van der Waals surface area contributed by atoms with Crippen molar-refractivity contribution in [3.63, 3.8) is 0 Å². The van der Waals surface area contributed by atoms with Crippen LogP contribution in [0, 0.1) is 6.92 Å². The molecule has 5 heteroatoms. The summed E-state index contributed by atoms with van der Waals surface area (Å²) in [6.45, 7) is 2.52. The molecule has 2 N–H and O–H groups in total. The van der Waals surface area contributed by atoms with Gasteiger partial charge >= 0.3 is 0 Å². The van der Waals surface area contributed by atoms with E-state index in [0.717, 1.165) is 11.4 Å². The molecular formula is C17H20N2O3. The topological polar surface area (TPSA) is 65.7 Å². The molecule has 0 atom stereocenters. The number of carbonyl (C=O) groups is 1. The first kappa shape index (κ1) is 15.9. The van der Waals surface area contributed by atoms with E-state index in [-0.39, 0.29) is 12.5 Å². The van der Waals surface area contributed by atoms with Crippen LogP contribution in [0.5, 0.6) is 0 Å². The third-order valence-corrected chi connectivity index (χ3v) is 3.17. The summed E-state index contributed by atoms with van der Waals surface area (Å²) >= 11 is 0. The third-order valence-electron chi connectivity index (χ3n) is 3.17. The molecule has 0 saturated heterocycles. The van der Waals surface area contributed by atoms with Crippen LogP contribution in [0.4, 0.5) is 11.4 Å². The van der Waals surface area contributed by atoms with Crippen molar-refractivity contribution < 1.29 is 14.3 Å². The van der Waals surface area contributed by atoms with Gasteiger partial charge in [0.1, 0.15) is 11.5 Å². The third kappa shape index (κ3) is 4.49. The Hall–Kier alpha value is -2.53. The fourth-order valence-corrected chi connectivity index (χ4v) is 1.96. The van der Waals surface area contributed by atoms with Gasteiger partial charge in [-0.05, 0) is 49.4 Å². The summed E-state index contributed by atoms with van der Waals surface area (Å²) in [5, 5.41) is 11.7. The Morgan fingerprint density at radius 1 is 1.27 bits per heavy atom. The van der Waals surface area contributed by atoms with Crippen LogP contribution in [0.2, 0.25) is 0 Å². The van der Waals surface area contributed by atoms with E-state index in [9.17, 15) is 4.79 Å². The smallest absolute Gasteiger partial charge is 0.248 e. The van der Waals surface area contributed by atoms with Crippen LogP contribution in [0.15, 0.2) is 46.9 Å². The van der Waals surface area contributed by atoms with Gasteiger partial charge in [0.2, 0.25) is 5.91 Å². The first-order valence-corrected chi connectivity index (χ1v) is 7.06. The van der Waals surface area contributed by atoms with Gasteiger partial charge < -0.3 is 19.7 Å². The van der Waals surface area contributed by atoms with Crippen LogP contribution in [0.3, 0.4) is 0 Å². The molecule has 0 fully saturated rings. The number of amides is 1. The SMILES string of the molecule is Cc1ccc(/C=C/C(=O)Nc2ccc(N(C)CCO)cc2)o1. The van der Waals surface area contributed by atoms with E-state index in [0.29, 0.717) is 18.0 Å². The molecule has 5 nitrogen and oxygen atoms in total. The van der Waals surface area contributed by atoms with Gasteiger partial charge in [-0.25, -0.2) is 0 Å². The van der Waals surface area contributed by atoms with Crippen LogP contribution in [0.1, 0.15) is 11.5 Å². The molecule has 0 bridgehead atoms. The van der Waals surface area contributed by atoms with Crippen molar-refractivity contribution in [3.8, 4) is 0 Å². The number of hydrogen-bond donors (Lipinski definition) is 2. The second-order valence-corrected chi connectivity index (χ2v) is 4.96. The number of nitrogens with zero attached hydrogens (tertiary/aromatic N) is 1. The molecule has 0 aliphatic carbocycles. The Morgan fingerprint density at radius 3 is 2.59 bits per heavy atom. The standard InChI is InChI=1S/C17H20N2O3/c1-13-3-8-16(22-13)9-10-17(21)18-14-4-6-15(7-5-14)19(2)11-12-20/h3-10,20H,11-12H2,1-2H3,(H,18,21)/b10-9+. The van der Waals surface area contributed by atoms with Gasteiger partial charge in [-0.1, -0.05) is 0 Å². The van der Waals surface area contributed by atoms with Crippen LogP contribution >= 0.6 is 0 Å². The molecule has 0 aliphatic heterocycles. The number of rotatable bonds is 6. The number of aliphatic hydroxyl groups excluding tert-OH is 1. The number of nitrogens with one attached hydrogen (secondary N) is 1. The zero-order chi connectivity index (χ0) is 15.9. The first-order valence-electron chi connectivity index (χ1n) is 7.06. The Kier molecular flexibility index (Phi) is 5.38. The number of aryl methyl sites for hydroxylation is 1. The number of likely N-dealkylation sites (N-methyl/N-ethyl adjacent to an activating group) is 1. The summed E-state index contributed by atoms with van der Waals surface area (Å²) in [5.74, 6) is 1.24. The van der Waals surface area contributed by atoms with E-state index in [1.807, 2.05) is 55.3 Å². The largest absolute Gasteiger partial charge is 0.462 e. The van der Waals surface area contributed by atoms with Crippen LogP contribution < -0.4 is 10.2 Å². The van der Waals surface area contributed by atoms with Gasteiger partial charge in [0.25, 0.3) is 0 Å². The molecule has 116 valence electrons. The zero-order valence-corrected chi connectivity index (χ0v) is 12.7. The monoisotopic (exact) mass is 300 g/mol. The summed E-state index contributed by atoms with van der Waals surface area (Å²) in [5.41, 5.74) is 1.69. The Labute approximate surface area is 129 Å². The lowest BCUT2D eigenvalue weighted by atomic mass is 10.2. The van der Waals surface area contributed by atoms with Crippen molar-refractivity contribution in [2.45, 2.75) is 6.92 Å². The highest BCUT2D eigenvalue weighted by Gasteiger charge is 2.02. The second kappa shape index (κ2) is 7.47. The maximum Gasteiger partial charge on any atom is 0.248 e. The molecule has 1 amide bonds. The molecule has 0 unspecified atom stereocenters. The van der Waals surface area contributed by atoms with Gasteiger partial charge in [0.15, 0.2) is 0 Å². The lowest BCUT2D eigenvalue weighted by Crippen LogP contribution is -2.20. The van der Waals surface area contributed by atoms with E-state index in [1.54, 1.807) is 6.08 Å². The van der Waals surface area contributed by atoms with Crippen molar-refractivity contribution in [3.05, 3.63) is 54.0 Å². The van der Waals surface area contributed by atoms with E-state index < -0.39 is 0 Å². The number of benzene rings is 1. The van der Waals surface area contributed by atoms with Crippen molar-refractivity contribution in [2.24, 2.45) is 0 Å². The highest BCUT2D eigenvalue weighted by Crippen LogP contribution is 2.16. The predicted octanol–water partition coefficient (Wildman–Crippen LogP) is 2.67. The summed E-state index contributed by atoms with van der Waals surface area (Å²) < 4.78 is 5.36. The van der Waals surface area contributed by atoms with Crippen LogP contribution in [0.25, 0.3) is 6.08 Å². The van der Waals surface area contributed by atoms with E-state index in [1.165, 1.54) is 6.08 Å². The molecule has 0 saturated carbocycles. The highest BCUT2D eigenvalue weighted by atomic mass is 16.3. The predicted molar refractivity (Wildman–Crippen MR) is 87.9 cm³/mol. The molecule has 1 aromatic heterocycles. The summed E-state index contributed by atoms with van der Waals surface area (Å²) in [7, 11) is 1.90. The first-order chi connectivity index (χ1) is 10.6. The van der Waals surface area contributed by atoms with Crippen molar-refractivity contribution in [1.29, 1.82) is 0 Å². The molecule has 22 heavy (non-hydrogen) atoms. The van der Waals surface area contributed by atoms with Crippen LogP contribution in [-0.4, -0.2) is 31.2 Å². The van der Waals surface area contributed by atoms with Crippen molar-refractivity contribution >= 4 is 23.4 Å². The fourth-order valence-electron chi connectivity index (χ4n) is 1.96. The Balaban J connectivity index is 1.92. The Bertz CT molecular complexity index is 644. The number of aliphatic hydroxyl groups is 1. The molecular weight excluding hydrogens is 280 g/mol. The molecule has 0 aliphatic rings. The minimum atomic E-state index is -0.217. The number of furan rings is 1. The maximum absolute atomic E-state index is 11.8. The molecule has 0 spiro atoms. The lowest BCUT2D eigenvalue weighted by Gasteiger charge is -2.18. The fraction of sp³-hybridized carbons (Fsp3) is 0.235. The second-order valence-electron chi connectivity index (χ2n) is 4.96. The molecule has 1 aromatic carbocycles. The van der Waals surface area contributed by atoms with Gasteiger partial charge in [-0.2, -0.15) is 0 Å².